The zero-order chi connectivity index (χ0) is 9.07. The van der Waals surface area contributed by atoms with Crippen molar-refractivity contribution in [2.45, 2.75) is 13.1 Å². The second-order valence-electron chi connectivity index (χ2n) is 1.65. The Morgan fingerprint density at radius 1 is 1.64 bits per heavy atom. The Morgan fingerprint density at radius 2 is 2.09 bits per heavy atom. The van der Waals surface area contributed by atoms with Gasteiger partial charge in [0.05, 0.1) is 0 Å². The highest BCUT2D eigenvalue weighted by Crippen LogP contribution is 2.26. The zero-order valence-corrected chi connectivity index (χ0v) is 7.43. The standard InChI is InChI=1S/C4H8F3NOS2/c1-2-11(10)8-3(9)4(5,6)7/h10-11H,2H2,1H3,(H,8,9). The van der Waals surface area contributed by atoms with E-state index in [4.69, 9.17) is 0 Å². The Kier molecular flexibility index (Phi) is 4.09. The van der Waals surface area contributed by atoms with Gasteiger partial charge in [-0.3, -0.25) is 4.79 Å². The molecule has 0 saturated carbocycles. The quantitative estimate of drug-likeness (QED) is 0.464. The third kappa shape index (κ3) is 4.41. The zero-order valence-electron chi connectivity index (χ0n) is 5.64. The van der Waals surface area contributed by atoms with Crippen molar-refractivity contribution in [2.24, 2.45) is 0 Å². The first-order valence-electron chi connectivity index (χ1n) is 2.72. The monoisotopic (exact) mass is 207 g/mol. The fraction of sp³-hybridized carbons (Fsp3) is 0.750. The molecule has 68 valence electrons. The summed E-state index contributed by atoms with van der Waals surface area (Å²) in [4.78, 5) is 10.2. The predicted molar refractivity (Wildman–Crippen MR) is 42.7 cm³/mol. The normalized spacial score (nSPS) is 15.9. The Labute approximate surface area is 69.8 Å². The summed E-state index contributed by atoms with van der Waals surface area (Å²) in [7, 11) is -1.31. The summed E-state index contributed by atoms with van der Waals surface area (Å²) >= 11 is 3.73. The van der Waals surface area contributed by atoms with E-state index in [9.17, 15) is 18.0 Å². The lowest BCUT2D eigenvalue weighted by atomic mass is 10.6. The van der Waals surface area contributed by atoms with Gasteiger partial charge in [0.1, 0.15) is 0 Å². The Hall–Kier alpha value is -0.0400. The van der Waals surface area contributed by atoms with Crippen LogP contribution < -0.4 is 4.72 Å². The molecule has 1 unspecified atom stereocenters. The molecule has 0 rings (SSSR count). The van der Waals surface area contributed by atoms with Crippen molar-refractivity contribution in [3.05, 3.63) is 0 Å². The van der Waals surface area contributed by atoms with Crippen LogP contribution in [-0.4, -0.2) is 17.8 Å². The molecule has 0 saturated heterocycles. The summed E-state index contributed by atoms with van der Waals surface area (Å²) in [5.74, 6) is -1.50. The first-order chi connectivity index (χ1) is 4.88. The van der Waals surface area contributed by atoms with Gasteiger partial charge in [-0.1, -0.05) is 6.92 Å². The van der Waals surface area contributed by atoms with E-state index in [-0.39, 0.29) is 0 Å². The maximum Gasteiger partial charge on any atom is 0.472 e. The molecule has 0 aromatic heterocycles. The van der Waals surface area contributed by atoms with Crippen LogP contribution in [0, 0.1) is 0 Å². The molecule has 1 atom stereocenters. The van der Waals surface area contributed by atoms with E-state index in [1.165, 1.54) is 0 Å². The van der Waals surface area contributed by atoms with E-state index in [2.05, 4.69) is 11.7 Å². The highest BCUT2D eigenvalue weighted by molar-refractivity contribution is 8.77. The number of amides is 1. The van der Waals surface area contributed by atoms with Gasteiger partial charge in [0.25, 0.3) is 0 Å². The van der Waals surface area contributed by atoms with E-state index < -0.39 is 22.2 Å². The van der Waals surface area contributed by atoms with Crippen molar-refractivity contribution < 1.29 is 18.0 Å². The van der Waals surface area contributed by atoms with E-state index in [0.29, 0.717) is 5.75 Å². The number of hydrogen-bond donors (Lipinski definition) is 3. The average molecular weight is 207 g/mol. The lowest BCUT2D eigenvalue weighted by Gasteiger charge is -2.15. The van der Waals surface area contributed by atoms with Gasteiger partial charge in [-0.2, -0.15) is 13.2 Å². The molecule has 0 aliphatic carbocycles. The van der Waals surface area contributed by atoms with Crippen LogP contribution in [0.1, 0.15) is 6.92 Å². The number of halogens is 3. The second-order valence-corrected chi connectivity index (χ2v) is 4.76. The van der Waals surface area contributed by atoms with Gasteiger partial charge in [0.2, 0.25) is 0 Å². The van der Waals surface area contributed by atoms with Crippen molar-refractivity contribution in [2.75, 3.05) is 5.75 Å². The number of carbonyl (C=O) groups is 1. The first-order valence-corrected chi connectivity index (χ1v) is 5.40. The molecule has 0 aliphatic rings. The van der Waals surface area contributed by atoms with E-state index in [1.807, 2.05) is 0 Å². The third-order valence-electron chi connectivity index (χ3n) is 0.788. The molecule has 11 heavy (non-hydrogen) atoms. The van der Waals surface area contributed by atoms with Crippen LogP contribution in [-0.2, 0) is 4.79 Å². The first kappa shape index (κ1) is 11.0. The summed E-state index contributed by atoms with van der Waals surface area (Å²) in [6.07, 6.45) is -4.79. The SMILES string of the molecule is CC[SH](S)NC(=O)C(F)(F)F. The third-order valence-corrected chi connectivity index (χ3v) is 3.00. The molecule has 0 radical (unpaired) electrons. The second kappa shape index (κ2) is 4.10. The molecule has 2 nitrogen and oxygen atoms in total. The molecular formula is C4H8F3NOS2. The summed E-state index contributed by atoms with van der Waals surface area (Å²) in [6, 6.07) is 0. The van der Waals surface area contributed by atoms with Gasteiger partial charge >= 0.3 is 12.1 Å². The minimum absolute atomic E-state index is 0.417. The Morgan fingerprint density at radius 3 is 2.36 bits per heavy atom. The lowest BCUT2D eigenvalue weighted by Crippen LogP contribution is -2.34. The lowest BCUT2D eigenvalue weighted by molar-refractivity contribution is -0.171. The molecule has 0 bridgehead atoms. The van der Waals surface area contributed by atoms with Crippen molar-refractivity contribution in [1.82, 2.24) is 4.72 Å². The number of carbonyl (C=O) groups excluding carboxylic acids is 1. The van der Waals surface area contributed by atoms with Gasteiger partial charge in [0.15, 0.2) is 0 Å². The molecule has 0 aliphatic heterocycles. The smallest absolute Gasteiger partial charge is 0.304 e. The average Bonchev–Trinajstić information content (AvgIpc) is 1.85. The molecule has 0 aromatic carbocycles. The molecular weight excluding hydrogens is 199 g/mol. The summed E-state index contributed by atoms with van der Waals surface area (Å²) < 4.78 is 36.3. The van der Waals surface area contributed by atoms with Crippen LogP contribution >= 0.6 is 21.8 Å². The van der Waals surface area contributed by atoms with Crippen molar-refractivity contribution >= 4 is 27.7 Å². The Balaban J connectivity index is 3.88. The fourth-order valence-corrected chi connectivity index (χ4v) is 1.05. The van der Waals surface area contributed by atoms with Gasteiger partial charge in [-0.15, -0.1) is 21.8 Å². The van der Waals surface area contributed by atoms with E-state index in [0.717, 1.165) is 0 Å². The van der Waals surface area contributed by atoms with Crippen molar-refractivity contribution in [3.8, 4) is 0 Å². The van der Waals surface area contributed by atoms with Crippen LogP contribution in [0.4, 0.5) is 13.2 Å². The largest absolute Gasteiger partial charge is 0.472 e. The number of rotatable bonds is 2. The van der Waals surface area contributed by atoms with Gasteiger partial charge in [-0.05, 0) is 5.75 Å². The maximum absolute atomic E-state index is 11.5. The summed E-state index contributed by atoms with van der Waals surface area (Å²) in [6.45, 7) is 1.65. The van der Waals surface area contributed by atoms with Crippen LogP contribution in [0.2, 0.25) is 0 Å². The van der Waals surface area contributed by atoms with E-state index in [1.54, 1.807) is 11.6 Å². The number of nitrogens with one attached hydrogen (secondary N) is 1. The van der Waals surface area contributed by atoms with Gasteiger partial charge in [0, 0.05) is 0 Å². The highest BCUT2D eigenvalue weighted by Gasteiger charge is 2.38. The van der Waals surface area contributed by atoms with Crippen molar-refractivity contribution in [3.63, 3.8) is 0 Å². The minimum Gasteiger partial charge on any atom is -0.304 e. The van der Waals surface area contributed by atoms with Gasteiger partial charge < -0.3 is 4.72 Å². The number of alkyl halides is 3. The van der Waals surface area contributed by atoms with Crippen LogP contribution in [0.15, 0.2) is 0 Å². The van der Waals surface area contributed by atoms with Crippen LogP contribution in [0.5, 0.6) is 0 Å². The van der Waals surface area contributed by atoms with E-state index >= 15 is 0 Å². The maximum atomic E-state index is 11.5. The molecule has 0 aromatic rings. The summed E-state index contributed by atoms with van der Waals surface area (Å²) in [5, 5.41) is 0. The minimum atomic E-state index is -4.79. The molecule has 1 N–H and O–H groups in total. The van der Waals surface area contributed by atoms with Gasteiger partial charge in [-0.25, -0.2) is 0 Å². The highest BCUT2D eigenvalue weighted by atomic mass is 33.1. The Bertz CT molecular complexity index is 149. The van der Waals surface area contributed by atoms with Crippen molar-refractivity contribution in [1.29, 1.82) is 0 Å². The number of thiol groups is 2. The number of hydrogen-bond acceptors (Lipinski definition) is 2. The van der Waals surface area contributed by atoms with Crippen LogP contribution in [0.25, 0.3) is 0 Å². The molecule has 1 amide bonds. The van der Waals surface area contributed by atoms with Crippen LogP contribution in [0.3, 0.4) is 0 Å². The topological polar surface area (TPSA) is 29.1 Å². The molecule has 0 spiro atoms. The fourth-order valence-electron chi connectivity index (χ4n) is 0.260. The molecule has 7 heteroatoms. The predicted octanol–water partition coefficient (Wildman–Crippen LogP) is 1.45. The molecule has 0 heterocycles. The summed E-state index contributed by atoms with van der Waals surface area (Å²) in [5.41, 5.74) is 0. The molecule has 0 fully saturated rings.